The summed E-state index contributed by atoms with van der Waals surface area (Å²) in [4.78, 5) is 2.52. The molecule has 0 spiro atoms. The van der Waals surface area contributed by atoms with Crippen LogP contribution in [0.1, 0.15) is 49.9 Å². The van der Waals surface area contributed by atoms with Crippen LogP contribution in [0.25, 0.3) is 66.8 Å². The molecule has 0 unspecified atom stereocenters. The first kappa shape index (κ1) is 36.8. The van der Waals surface area contributed by atoms with Crippen molar-refractivity contribution in [3.8, 4) is 66.8 Å². The molecule has 61 heavy (non-hydrogen) atoms. The number of hydrogen-bond acceptors (Lipinski definition) is 1. The maximum absolute atomic E-state index is 2.52. The molecule has 0 amide bonds. The molecule has 2 aliphatic carbocycles. The summed E-state index contributed by atoms with van der Waals surface area (Å²) < 4.78 is 0. The predicted octanol–water partition coefficient (Wildman–Crippen LogP) is 16.4. The Labute approximate surface area is 360 Å². The van der Waals surface area contributed by atoms with E-state index in [9.17, 15) is 0 Å². The first-order valence-corrected chi connectivity index (χ1v) is 21.5. The van der Waals surface area contributed by atoms with Gasteiger partial charge in [0.15, 0.2) is 0 Å². The van der Waals surface area contributed by atoms with E-state index < -0.39 is 0 Å². The smallest absolute Gasteiger partial charge is 0.0540 e. The Balaban J connectivity index is 1.07. The van der Waals surface area contributed by atoms with Gasteiger partial charge in [-0.15, -0.1) is 0 Å². The lowest BCUT2D eigenvalue weighted by atomic mass is 9.78. The van der Waals surface area contributed by atoms with Gasteiger partial charge >= 0.3 is 0 Å². The highest BCUT2D eigenvalue weighted by atomic mass is 15.1. The average molecular weight is 782 g/mol. The largest absolute Gasteiger partial charge is 0.309 e. The number of para-hydroxylation sites is 2. The van der Waals surface area contributed by atoms with Crippen LogP contribution in [0, 0.1) is 0 Å². The average Bonchev–Trinajstić information content (AvgIpc) is 3.69. The third-order valence-electron chi connectivity index (χ3n) is 13.5. The van der Waals surface area contributed by atoms with E-state index in [2.05, 4.69) is 245 Å². The minimum Gasteiger partial charge on any atom is -0.309 e. The number of nitrogens with zero attached hydrogens (tertiary/aromatic N) is 1. The fourth-order valence-corrected chi connectivity index (χ4v) is 10.4. The van der Waals surface area contributed by atoms with Crippen LogP contribution in [0.15, 0.2) is 212 Å². The Kier molecular flexibility index (Phi) is 8.58. The Morgan fingerprint density at radius 2 is 0.689 bits per heavy atom. The molecule has 9 aromatic rings. The van der Waals surface area contributed by atoms with Crippen molar-refractivity contribution in [1.29, 1.82) is 0 Å². The topological polar surface area (TPSA) is 3.24 Å². The second-order valence-electron chi connectivity index (χ2n) is 17.7. The summed E-state index contributed by atoms with van der Waals surface area (Å²) in [6, 6.07) is 78.5. The monoisotopic (exact) mass is 781 g/mol. The predicted molar refractivity (Wildman–Crippen MR) is 258 cm³/mol. The Bertz CT molecular complexity index is 3110. The van der Waals surface area contributed by atoms with E-state index in [0.29, 0.717) is 0 Å². The van der Waals surface area contributed by atoms with Gasteiger partial charge in [-0.1, -0.05) is 216 Å². The highest BCUT2D eigenvalue weighted by Gasteiger charge is 2.39. The van der Waals surface area contributed by atoms with Gasteiger partial charge in [0.2, 0.25) is 0 Å². The van der Waals surface area contributed by atoms with Crippen LogP contribution in [-0.4, -0.2) is 0 Å². The van der Waals surface area contributed by atoms with Crippen LogP contribution in [0.3, 0.4) is 0 Å². The van der Waals surface area contributed by atoms with Crippen molar-refractivity contribution in [2.75, 3.05) is 4.90 Å². The SMILES string of the molecule is CC1(C)c2ccccc2-c2ccc(N(c3ccccc3-c3ccc(-c4ccc(-c5ccccc5)cc4)cc3)c3ccccc3-c3cccc4c3C(C)(C)c3ccccc3-4)cc21. The van der Waals surface area contributed by atoms with Gasteiger partial charge in [0.1, 0.15) is 0 Å². The molecule has 11 rings (SSSR count). The molecular formula is C60H47N. The van der Waals surface area contributed by atoms with Gasteiger partial charge < -0.3 is 4.90 Å². The quantitative estimate of drug-likeness (QED) is 0.156. The Hall–Kier alpha value is -7.22. The molecule has 0 saturated carbocycles. The van der Waals surface area contributed by atoms with Gasteiger partial charge in [0.05, 0.1) is 11.4 Å². The molecule has 0 aliphatic heterocycles. The van der Waals surface area contributed by atoms with E-state index in [4.69, 9.17) is 0 Å². The van der Waals surface area contributed by atoms with E-state index in [1.165, 1.54) is 89.0 Å². The number of anilines is 3. The zero-order valence-corrected chi connectivity index (χ0v) is 35.2. The molecule has 0 saturated heterocycles. The molecular weight excluding hydrogens is 735 g/mol. The summed E-state index contributed by atoms with van der Waals surface area (Å²) in [6.07, 6.45) is 0. The lowest BCUT2D eigenvalue weighted by Gasteiger charge is -2.32. The lowest BCUT2D eigenvalue weighted by molar-refractivity contribution is 0.660. The van der Waals surface area contributed by atoms with E-state index in [1.54, 1.807) is 0 Å². The maximum Gasteiger partial charge on any atom is 0.0540 e. The molecule has 0 aromatic heterocycles. The van der Waals surface area contributed by atoms with E-state index in [-0.39, 0.29) is 10.8 Å². The highest BCUT2D eigenvalue weighted by molar-refractivity contribution is 5.98. The van der Waals surface area contributed by atoms with E-state index >= 15 is 0 Å². The second kappa shape index (κ2) is 14.2. The molecule has 292 valence electrons. The van der Waals surface area contributed by atoms with E-state index in [0.717, 1.165) is 17.1 Å². The second-order valence-corrected chi connectivity index (χ2v) is 17.7. The van der Waals surface area contributed by atoms with Gasteiger partial charge in [0.25, 0.3) is 0 Å². The van der Waals surface area contributed by atoms with E-state index in [1.807, 2.05) is 0 Å². The summed E-state index contributed by atoms with van der Waals surface area (Å²) in [5.41, 5.74) is 23.6. The fraction of sp³-hybridized carbons (Fsp3) is 0.100. The van der Waals surface area contributed by atoms with Gasteiger partial charge in [-0.05, 0) is 102 Å². The molecule has 1 heteroatoms. The van der Waals surface area contributed by atoms with Gasteiger partial charge in [-0.3, -0.25) is 0 Å². The van der Waals surface area contributed by atoms with Crippen molar-refractivity contribution in [1.82, 2.24) is 0 Å². The molecule has 0 heterocycles. The summed E-state index contributed by atoms with van der Waals surface area (Å²) in [5, 5.41) is 0. The van der Waals surface area contributed by atoms with Crippen molar-refractivity contribution in [3.05, 3.63) is 235 Å². The maximum atomic E-state index is 2.52. The molecule has 0 fully saturated rings. The number of benzene rings is 9. The standard InChI is InChI=1S/C60H47N/c1-59(2)53-25-12-8-20-47(53)49-38-37-45(39-55(49)59)61(57-28-15-11-22-50(57)52-24-16-23-51-48-21-9-13-26-54(48)60(3,4)58(51)52)56-27-14-10-19-46(56)44-35-33-43(34-36-44)42-31-29-41(30-32-42)40-17-6-5-7-18-40/h5-39H,1-4H3. The van der Waals surface area contributed by atoms with Crippen LogP contribution < -0.4 is 4.90 Å². The zero-order valence-electron chi connectivity index (χ0n) is 35.2. The van der Waals surface area contributed by atoms with Gasteiger partial charge in [-0.2, -0.15) is 0 Å². The van der Waals surface area contributed by atoms with Crippen LogP contribution >= 0.6 is 0 Å². The minimum absolute atomic E-state index is 0.141. The summed E-state index contributed by atoms with van der Waals surface area (Å²) in [7, 11) is 0. The van der Waals surface area contributed by atoms with Crippen LogP contribution in [0.4, 0.5) is 17.1 Å². The van der Waals surface area contributed by atoms with Crippen molar-refractivity contribution < 1.29 is 0 Å². The molecule has 9 aromatic carbocycles. The first-order chi connectivity index (χ1) is 29.8. The molecule has 0 radical (unpaired) electrons. The third-order valence-corrected chi connectivity index (χ3v) is 13.5. The third kappa shape index (κ3) is 5.91. The van der Waals surface area contributed by atoms with Crippen LogP contribution in [-0.2, 0) is 10.8 Å². The van der Waals surface area contributed by atoms with Crippen LogP contribution in [0.5, 0.6) is 0 Å². The van der Waals surface area contributed by atoms with Crippen molar-refractivity contribution >= 4 is 17.1 Å². The molecule has 0 atom stereocenters. The number of fused-ring (bicyclic) bond motifs is 6. The Morgan fingerprint density at radius 1 is 0.279 bits per heavy atom. The van der Waals surface area contributed by atoms with Crippen molar-refractivity contribution in [3.63, 3.8) is 0 Å². The van der Waals surface area contributed by atoms with Gasteiger partial charge in [0, 0.05) is 27.6 Å². The zero-order chi connectivity index (χ0) is 41.3. The summed E-state index contributed by atoms with van der Waals surface area (Å²) >= 11 is 0. The summed E-state index contributed by atoms with van der Waals surface area (Å²) in [5.74, 6) is 0. The molecule has 0 N–H and O–H groups in total. The van der Waals surface area contributed by atoms with Crippen molar-refractivity contribution in [2.45, 2.75) is 38.5 Å². The highest BCUT2D eigenvalue weighted by Crippen LogP contribution is 2.55. The minimum atomic E-state index is -0.161. The summed E-state index contributed by atoms with van der Waals surface area (Å²) in [6.45, 7) is 9.52. The fourth-order valence-electron chi connectivity index (χ4n) is 10.4. The van der Waals surface area contributed by atoms with Crippen molar-refractivity contribution in [2.24, 2.45) is 0 Å². The Morgan fingerprint density at radius 3 is 1.31 bits per heavy atom. The number of rotatable bonds is 7. The normalized spacial score (nSPS) is 13.8. The van der Waals surface area contributed by atoms with Gasteiger partial charge in [-0.25, -0.2) is 0 Å². The number of hydrogen-bond donors (Lipinski definition) is 0. The first-order valence-electron chi connectivity index (χ1n) is 21.5. The van der Waals surface area contributed by atoms with Crippen LogP contribution in [0.2, 0.25) is 0 Å². The molecule has 2 aliphatic rings. The lowest BCUT2D eigenvalue weighted by Crippen LogP contribution is -2.18. The molecule has 0 bridgehead atoms. The molecule has 1 nitrogen and oxygen atoms in total.